The quantitative estimate of drug-likeness (QED) is 0.791. The Labute approximate surface area is 110 Å². The van der Waals surface area contributed by atoms with Gasteiger partial charge in [0, 0.05) is 26.0 Å². The third-order valence-corrected chi connectivity index (χ3v) is 3.09. The minimum absolute atomic E-state index is 0.254. The van der Waals surface area contributed by atoms with Gasteiger partial charge < -0.3 is 15.0 Å². The number of rotatable bonds is 6. The van der Waals surface area contributed by atoms with E-state index in [2.05, 4.69) is 25.4 Å². The number of nitrogen functional groups attached to an aromatic ring is 1. The third-order valence-electron chi connectivity index (χ3n) is 3.09. The molecule has 0 aliphatic heterocycles. The Morgan fingerprint density at radius 1 is 1.50 bits per heavy atom. The molecule has 0 amide bonds. The Kier molecular flexibility index (Phi) is 4.57. The van der Waals surface area contributed by atoms with Gasteiger partial charge in [-0.15, -0.1) is 6.58 Å². The van der Waals surface area contributed by atoms with Gasteiger partial charge in [-0.25, -0.2) is 4.98 Å². The zero-order chi connectivity index (χ0) is 13.9. The van der Waals surface area contributed by atoms with Crippen LogP contribution in [0.5, 0.6) is 0 Å². The molecule has 18 heavy (non-hydrogen) atoms. The molecular weight excluding hydrogens is 226 g/mol. The summed E-state index contributed by atoms with van der Waals surface area (Å²) in [6, 6.07) is 0. The summed E-state index contributed by atoms with van der Waals surface area (Å²) in [4.78, 5) is 4.67. The molecular formula is C14H25N3O. The number of nitrogens with zero attached hydrogens (tertiary/aromatic N) is 2. The van der Waals surface area contributed by atoms with Gasteiger partial charge in [0.15, 0.2) is 0 Å². The first-order valence-electron chi connectivity index (χ1n) is 6.33. The Bertz CT molecular complexity index is 419. The van der Waals surface area contributed by atoms with Crippen molar-refractivity contribution in [2.24, 2.45) is 0 Å². The molecule has 0 radical (unpaired) electrons. The summed E-state index contributed by atoms with van der Waals surface area (Å²) in [5.41, 5.74) is 6.84. The second-order valence-electron chi connectivity index (χ2n) is 5.50. The number of hydrogen-bond donors (Lipinski definition) is 1. The Hall–Kier alpha value is -1.29. The predicted octanol–water partition coefficient (Wildman–Crippen LogP) is 2.74. The van der Waals surface area contributed by atoms with Crippen LogP contribution in [0.15, 0.2) is 12.7 Å². The molecule has 0 fully saturated rings. The first-order valence-corrected chi connectivity index (χ1v) is 6.33. The maximum atomic E-state index is 6.19. The first kappa shape index (κ1) is 14.8. The highest BCUT2D eigenvalue weighted by molar-refractivity contribution is 5.40. The van der Waals surface area contributed by atoms with Crippen molar-refractivity contribution in [3.05, 3.63) is 24.2 Å². The SMILES string of the molecule is C=CCn1c(C(C)C)nc(CC(C)(C)OC)c1N. The molecule has 0 unspecified atom stereocenters. The maximum absolute atomic E-state index is 6.19. The topological polar surface area (TPSA) is 53.1 Å². The number of ether oxygens (including phenoxy) is 1. The number of anilines is 1. The zero-order valence-corrected chi connectivity index (χ0v) is 12.2. The standard InChI is InChI=1S/C14H25N3O/c1-7-8-17-12(15)11(9-14(4,5)18-6)16-13(17)10(2)3/h7,10H,1,8-9,15H2,2-6H3. The largest absolute Gasteiger partial charge is 0.384 e. The van der Waals surface area contributed by atoms with E-state index < -0.39 is 0 Å². The lowest BCUT2D eigenvalue weighted by atomic mass is 10.0. The zero-order valence-electron chi connectivity index (χ0n) is 12.2. The van der Waals surface area contributed by atoms with Crippen LogP contribution in [0.2, 0.25) is 0 Å². The van der Waals surface area contributed by atoms with Crippen LogP contribution in [0.1, 0.15) is 45.1 Å². The summed E-state index contributed by atoms with van der Waals surface area (Å²) in [5, 5.41) is 0. The highest BCUT2D eigenvalue weighted by atomic mass is 16.5. The molecule has 0 saturated carbocycles. The van der Waals surface area contributed by atoms with Crippen molar-refractivity contribution in [2.45, 2.75) is 52.2 Å². The molecule has 0 atom stereocenters. The number of imidazole rings is 1. The van der Waals surface area contributed by atoms with E-state index in [-0.39, 0.29) is 5.60 Å². The molecule has 1 aromatic heterocycles. The monoisotopic (exact) mass is 251 g/mol. The molecule has 1 heterocycles. The van der Waals surface area contributed by atoms with Crippen LogP contribution in [0.4, 0.5) is 5.82 Å². The van der Waals surface area contributed by atoms with Gasteiger partial charge in [0.25, 0.3) is 0 Å². The van der Waals surface area contributed by atoms with Crippen LogP contribution >= 0.6 is 0 Å². The lowest BCUT2D eigenvalue weighted by Crippen LogP contribution is -2.26. The van der Waals surface area contributed by atoms with Crippen LogP contribution in [-0.4, -0.2) is 22.3 Å². The van der Waals surface area contributed by atoms with Gasteiger partial charge in [0.1, 0.15) is 11.6 Å². The number of methoxy groups -OCH3 is 1. The molecule has 0 bridgehead atoms. The van der Waals surface area contributed by atoms with E-state index >= 15 is 0 Å². The van der Waals surface area contributed by atoms with E-state index in [1.54, 1.807) is 7.11 Å². The minimum atomic E-state index is -0.254. The third kappa shape index (κ3) is 3.13. The number of hydrogen-bond acceptors (Lipinski definition) is 3. The van der Waals surface area contributed by atoms with Crippen molar-refractivity contribution in [3.63, 3.8) is 0 Å². The summed E-state index contributed by atoms with van der Waals surface area (Å²) in [6.45, 7) is 12.8. The lowest BCUT2D eigenvalue weighted by molar-refractivity contribution is 0.0226. The van der Waals surface area contributed by atoms with E-state index in [1.165, 1.54) is 0 Å². The second-order valence-corrected chi connectivity index (χ2v) is 5.50. The average Bonchev–Trinajstić information content (AvgIpc) is 2.58. The predicted molar refractivity (Wildman–Crippen MR) is 75.7 cm³/mol. The van der Waals surface area contributed by atoms with Crippen LogP contribution in [0, 0.1) is 0 Å². The summed E-state index contributed by atoms with van der Waals surface area (Å²) < 4.78 is 7.47. The fraction of sp³-hybridized carbons (Fsp3) is 0.643. The smallest absolute Gasteiger partial charge is 0.127 e. The van der Waals surface area contributed by atoms with Gasteiger partial charge in [-0.1, -0.05) is 19.9 Å². The van der Waals surface area contributed by atoms with Gasteiger partial charge in [0.2, 0.25) is 0 Å². The maximum Gasteiger partial charge on any atom is 0.127 e. The van der Waals surface area contributed by atoms with Gasteiger partial charge in [-0.2, -0.15) is 0 Å². The van der Waals surface area contributed by atoms with Crippen molar-refractivity contribution in [1.82, 2.24) is 9.55 Å². The molecule has 102 valence electrons. The van der Waals surface area contributed by atoms with Gasteiger partial charge in [-0.05, 0) is 13.8 Å². The van der Waals surface area contributed by atoms with E-state index in [1.807, 2.05) is 24.5 Å². The van der Waals surface area contributed by atoms with Crippen LogP contribution in [0.25, 0.3) is 0 Å². The summed E-state index contributed by atoms with van der Waals surface area (Å²) >= 11 is 0. The van der Waals surface area contributed by atoms with E-state index in [4.69, 9.17) is 10.5 Å². The van der Waals surface area contributed by atoms with E-state index in [9.17, 15) is 0 Å². The molecule has 1 rings (SSSR count). The van der Waals surface area contributed by atoms with Gasteiger partial charge in [-0.3, -0.25) is 0 Å². The first-order chi connectivity index (χ1) is 8.32. The van der Waals surface area contributed by atoms with E-state index in [0.717, 1.165) is 17.3 Å². The summed E-state index contributed by atoms with van der Waals surface area (Å²) in [6.07, 6.45) is 2.55. The van der Waals surface area contributed by atoms with Crippen molar-refractivity contribution in [1.29, 1.82) is 0 Å². The summed E-state index contributed by atoms with van der Waals surface area (Å²) in [7, 11) is 1.71. The van der Waals surface area contributed by atoms with Gasteiger partial charge in [0.05, 0.1) is 11.3 Å². The normalized spacial score (nSPS) is 12.1. The number of aromatic nitrogens is 2. The molecule has 0 aromatic carbocycles. The van der Waals surface area contributed by atoms with E-state index in [0.29, 0.717) is 18.9 Å². The molecule has 4 nitrogen and oxygen atoms in total. The van der Waals surface area contributed by atoms with Crippen molar-refractivity contribution >= 4 is 5.82 Å². The molecule has 0 aliphatic rings. The second kappa shape index (κ2) is 5.57. The number of allylic oxidation sites excluding steroid dienone is 1. The van der Waals surface area contributed by atoms with Crippen LogP contribution < -0.4 is 5.73 Å². The fourth-order valence-electron chi connectivity index (χ4n) is 1.90. The molecule has 0 aliphatic carbocycles. The fourth-order valence-corrected chi connectivity index (χ4v) is 1.90. The van der Waals surface area contributed by atoms with Crippen molar-refractivity contribution in [2.75, 3.05) is 12.8 Å². The minimum Gasteiger partial charge on any atom is -0.384 e. The van der Waals surface area contributed by atoms with Crippen LogP contribution in [0.3, 0.4) is 0 Å². The Morgan fingerprint density at radius 3 is 2.56 bits per heavy atom. The lowest BCUT2D eigenvalue weighted by Gasteiger charge is -2.21. The van der Waals surface area contributed by atoms with Crippen molar-refractivity contribution in [3.8, 4) is 0 Å². The number of nitrogens with two attached hydrogens (primary N) is 1. The van der Waals surface area contributed by atoms with Gasteiger partial charge >= 0.3 is 0 Å². The summed E-state index contributed by atoms with van der Waals surface area (Å²) in [5.74, 6) is 2.07. The highest BCUT2D eigenvalue weighted by Crippen LogP contribution is 2.25. The average molecular weight is 251 g/mol. The highest BCUT2D eigenvalue weighted by Gasteiger charge is 2.23. The Morgan fingerprint density at radius 2 is 2.11 bits per heavy atom. The van der Waals surface area contributed by atoms with Crippen LogP contribution in [-0.2, 0) is 17.7 Å². The molecule has 0 spiro atoms. The van der Waals surface area contributed by atoms with Crippen molar-refractivity contribution < 1.29 is 4.74 Å². The molecule has 1 aromatic rings. The molecule has 2 N–H and O–H groups in total. The molecule has 0 saturated heterocycles. The molecule has 4 heteroatoms. The Balaban J connectivity index is 3.14.